The molecule has 30 heavy (non-hydrogen) atoms. The van der Waals surface area contributed by atoms with Gasteiger partial charge >= 0.3 is 0 Å². The molecule has 1 aromatic carbocycles. The van der Waals surface area contributed by atoms with Gasteiger partial charge in [-0.15, -0.1) is 23.1 Å². The summed E-state index contributed by atoms with van der Waals surface area (Å²) in [6, 6.07) is 9.48. The zero-order chi connectivity index (χ0) is 22.5. The molecule has 1 aliphatic rings. The average molecular weight is 482 g/mol. The van der Waals surface area contributed by atoms with Crippen LogP contribution in [0.4, 0.5) is 5.00 Å². The van der Waals surface area contributed by atoms with Gasteiger partial charge in [0.25, 0.3) is 0 Å². The molecule has 0 bridgehead atoms. The summed E-state index contributed by atoms with van der Waals surface area (Å²) < 4.78 is 0. The molecule has 0 amide bonds. The highest BCUT2D eigenvalue weighted by Crippen LogP contribution is 2.34. The molecule has 0 saturated carbocycles. The van der Waals surface area contributed by atoms with Crippen LogP contribution >= 0.6 is 46.5 Å². The number of hydrogen-bond donors (Lipinski definition) is 3. The fraction of sp³-hybridized carbons (Fsp3) is 0.190. The molecule has 0 fully saturated rings. The fourth-order valence-electron chi connectivity index (χ4n) is 2.07. The Balaban J connectivity index is 0.000000485. The Kier molecular flexibility index (Phi) is 12.4. The molecule has 0 aliphatic carbocycles. The molecule has 162 valence electrons. The van der Waals surface area contributed by atoms with E-state index in [-0.39, 0.29) is 0 Å². The number of halogens is 1. The van der Waals surface area contributed by atoms with Crippen molar-refractivity contribution in [2.45, 2.75) is 18.7 Å². The minimum atomic E-state index is 0.546. The number of amidine groups is 1. The summed E-state index contributed by atoms with van der Waals surface area (Å²) in [6.45, 7) is 7.44. The fourth-order valence-corrected chi connectivity index (χ4v) is 3.99. The van der Waals surface area contributed by atoms with E-state index in [0.717, 1.165) is 21.3 Å². The van der Waals surface area contributed by atoms with Crippen LogP contribution in [-0.4, -0.2) is 19.1 Å². The number of allylic oxidation sites excluding steroid dienone is 2. The van der Waals surface area contributed by atoms with Gasteiger partial charge < -0.3 is 11.1 Å². The number of benzene rings is 1. The van der Waals surface area contributed by atoms with Crippen molar-refractivity contribution in [1.29, 1.82) is 0 Å². The molecule has 0 radical (unpaired) electrons. The molecule has 2 aromatic rings. The lowest BCUT2D eigenvalue weighted by atomic mass is 10.2. The van der Waals surface area contributed by atoms with Gasteiger partial charge in [0.1, 0.15) is 15.9 Å². The summed E-state index contributed by atoms with van der Waals surface area (Å²) in [5.41, 5.74) is 7.20. The molecule has 5 nitrogen and oxygen atoms in total. The van der Waals surface area contributed by atoms with E-state index in [4.69, 9.17) is 23.2 Å². The van der Waals surface area contributed by atoms with E-state index in [1.807, 2.05) is 68.0 Å². The van der Waals surface area contributed by atoms with E-state index >= 15 is 0 Å². The number of hydrazine groups is 1. The predicted octanol–water partition coefficient (Wildman–Crippen LogP) is 6.01. The number of nitrogens with zero attached hydrogens (tertiary/aromatic N) is 2. The SMILES string of the molecule is C/C=C\C.C=CSC.CN=C1N/C(=C(/N)Sc2cccc(Cl)c2)N(N)c2sccc21. The molecular formula is C21H28ClN5S3. The van der Waals surface area contributed by atoms with Gasteiger partial charge in [-0.1, -0.05) is 48.2 Å². The molecule has 0 atom stereocenters. The van der Waals surface area contributed by atoms with Crippen LogP contribution in [0.1, 0.15) is 19.4 Å². The first kappa shape index (κ1) is 26.2. The third-order valence-corrected chi connectivity index (χ3v) is 5.96. The standard InChI is InChI=1S/C14H14ClN5S2.C4H8.C3H6S/c1-18-12-10-5-6-21-14(10)20(17)13(19-12)11(16)22-9-4-2-3-8(15)7-9;2*1-3-4-2/h2-7H,16-17H2,1H3,(H,18,19);3-4H,1-2H3;3H,1H2,2H3/b13-11+;4-3-;. The second-order valence-electron chi connectivity index (χ2n) is 5.55. The van der Waals surface area contributed by atoms with Gasteiger partial charge in [0, 0.05) is 17.0 Å². The molecule has 9 heteroatoms. The Morgan fingerprint density at radius 2 is 1.97 bits per heavy atom. The molecule has 0 spiro atoms. The van der Waals surface area contributed by atoms with Crippen LogP contribution in [0.5, 0.6) is 0 Å². The minimum Gasteiger partial charge on any atom is -0.390 e. The number of hydrogen-bond acceptors (Lipinski definition) is 7. The van der Waals surface area contributed by atoms with Crippen LogP contribution in [0.15, 0.2) is 80.6 Å². The van der Waals surface area contributed by atoms with E-state index < -0.39 is 0 Å². The Bertz CT molecular complexity index is 902. The topological polar surface area (TPSA) is 79.7 Å². The molecule has 3 rings (SSSR count). The van der Waals surface area contributed by atoms with Crippen LogP contribution < -0.4 is 21.9 Å². The summed E-state index contributed by atoms with van der Waals surface area (Å²) in [5, 5.41) is 10.6. The monoisotopic (exact) mass is 481 g/mol. The molecule has 1 aromatic heterocycles. The lowest BCUT2D eigenvalue weighted by Crippen LogP contribution is -2.46. The van der Waals surface area contributed by atoms with Gasteiger partial charge in [-0.3, -0.25) is 10.0 Å². The predicted molar refractivity (Wildman–Crippen MR) is 139 cm³/mol. The Hall–Kier alpha value is -1.84. The number of rotatable bonds is 3. The van der Waals surface area contributed by atoms with Crippen molar-refractivity contribution in [2.24, 2.45) is 16.6 Å². The third kappa shape index (κ3) is 7.77. The van der Waals surface area contributed by atoms with Crippen LogP contribution in [0.3, 0.4) is 0 Å². The first-order valence-corrected chi connectivity index (χ1v) is 12.3. The van der Waals surface area contributed by atoms with Gasteiger partial charge in [-0.2, -0.15) is 0 Å². The maximum Gasteiger partial charge on any atom is 0.158 e. The highest BCUT2D eigenvalue weighted by Gasteiger charge is 2.26. The lowest BCUT2D eigenvalue weighted by molar-refractivity contribution is 0.890. The van der Waals surface area contributed by atoms with E-state index in [1.54, 1.807) is 40.6 Å². The maximum absolute atomic E-state index is 6.23. The van der Waals surface area contributed by atoms with Crippen LogP contribution in [0, 0.1) is 0 Å². The first-order valence-electron chi connectivity index (χ1n) is 8.94. The largest absolute Gasteiger partial charge is 0.390 e. The second-order valence-corrected chi connectivity index (χ2v) is 8.80. The van der Waals surface area contributed by atoms with Gasteiger partial charge in [-0.25, -0.2) is 5.84 Å². The molecular weight excluding hydrogens is 454 g/mol. The van der Waals surface area contributed by atoms with E-state index in [9.17, 15) is 0 Å². The van der Waals surface area contributed by atoms with Crippen molar-refractivity contribution in [1.82, 2.24) is 5.32 Å². The van der Waals surface area contributed by atoms with Gasteiger partial charge in [0.2, 0.25) is 0 Å². The highest BCUT2D eigenvalue weighted by atomic mass is 35.5. The quantitative estimate of drug-likeness (QED) is 0.283. The Morgan fingerprint density at radius 1 is 1.30 bits per heavy atom. The summed E-state index contributed by atoms with van der Waals surface area (Å²) in [5.74, 6) is 7.55. The van der Waals surface area contributed by atoms with E-state index in [2.05, 4.69) is 16.9 Å². The zero-order valence-corrected chi connectivity index (χ0v) is 20.8. The number of fused-ring (bicyclic) bond motifs is 1. The maximum atomic E-state index is 6.23. The van der Waals surface area contributed by atoms with Gasteiger partial charge in [0.05, 0.1) is 5.56 Å². The smallest absolute Gasteiger partial charge is 0.158 e. The summed E-state index contributed by atoms with van der Waals surface area (Å²) in [6.07, 6.45) is 5.98. The van der Waals surface area contributed by atoms with Crippen molar-refractivity contribution in [3.05, 3.63) is 81.3 Å². The number of thiophene rings is 1. The lowest BCUT2D eigenvalue weighted by Gasteiger charge is -2.29. The summed E-state index contributed by atoms with van der Waals surface area (Å²) in [4.78, 5) is 5.20. The van der Waals surface area contributed by atoms with Crippen molar-refractivity contribution in [3.63, 3.8) is 0 Å². The number of anilines is 1. The normalized spacial score (nSPS) is 15.4. The van der Waals surface area contributed by atoms with Crippen molar-refractivity contribution in [2.75, 3.05) is 18.3 Å². The molecule has 0 saturated heterocycles. The van der Waals surface area contributed by atoms with Gasteiger partial charge in [0.15, 0.2) is 5.82 Å². The molecule has 1 aliphatic heterocycles. The van der Waals surface area contributed by atoms with E-state index in [0.29, 0.717) is 15.9 Å². The van der Waals surface area contributed by atoms with Crippen molar-refractivity contribution < 1.29 is 0 Å². The van der Waals surface area contributed by atoms with Crippen LogP contribution in [-0.2, 0) is 0 Å². The highest BCUT2D eigenvalue weighted by molar-refractivity contribution is 8.03. The molecule has 0 unspecified atom stereocenters. The third-order valence-electron chi connectivity index (χ3n) is 3.58. The summed E-state index contributed by atoms with van der Waals surface area (Å²) >= 11 is 10.6. The number of nitrogens with two attached hydrogens (primary N) is 2. The first-order chi connectivity index (χ1) is 14.4. The van der Waals surface area contributed by atoms with E-state index in [1.165, 1.54) is 11.8 Å². The number of aliphatic imine (C=N–C) groups is 1. The Morgan fingerprint density at radius 3 is 2.50 bits per heavy atom. The van der Waals surface area contributed by atoms with Crippen molar-refractivity contribution in [3.8, 4) is 0 Å². The van der Waals surface area contributed by atoms with Crippen LogP contribution in [0.2, 0.25) is 5.02 Å². The number of nitrogens with one attached hydrogen (secondary N) is 1. The average Bonchev–Trinajstić information content (AvgIpc) is 3.25. The summed E-state index contributed by atoms with van der Waals surface area (Å²) in [7, 11) is 1.73. The number of thioether (sulfide) groups is 2. The van der Waals surface area contributed by atoms with Gasteiger partial charge in [-0.05, 0) is 55.2 Å². The molecule has 2 heterocycles. The second kappa shape index (κ2) is 14.2. The van der Waals surface area contributed by atoms with Crippen molar-refractivity contribution >= 4 is 57.3 Å². The zero-order valence-electron chi connectivity index (χ0n) is 17.6. The van der Waals surface area contributed by atoms with Crippen LogP contribution in [0.25, 0.3) is 0 Å². The molecule has 5 N–H and O–H groups in total. The minimum absolute atomic E-state index is 0.546. The Labute approximate surface area is 196 Å².